The molecule has 2 aliphatic rings. The molecule has 1 aliphatic heterocycles. The van der Waals surface area contributed by atoms with E-state index in [2.05, 4.69) is 13.8 Å². The van der Waals surface area contributed by atoms with Crippen LogP contribution in [0.4, 0.5) is 0 Å². The normalized spacial score (nSPS) is 46.0. The van der Waals surface area contributed by atoms with Crippen molar-refractivity contribution in [1.82, 2.24) is 0 Å². The van der Waals surface area contributed by atoms with E-state index in [9.17, 15) is 0 Å². The average Bonchev–Trinajstić information content (AvgIpc) is 2.43. The summed E-state index contributed by atoms with van der Waals surface area (Å²) >= 11 is 0. The molecule has 0 aromatic carbocycles. The molecule has 0 spiro atoms. The molecule has 0 aromatic rings. The van der Waals surface area contributed by atoms with E-state index in [0.717, 1.165) is 0 Å². The highest BCUT2D eigenvalue weighted by Gasteiger charge is 2.51. The second kappa shape index (κ2) is 1.51. The summed E-state index contributed by atoms with van der Waals surface area (Å²) in [6.45, 7) is 4.63. The lowest BCUT2D eigenvalue weighted by Crippen LogP contribution is -2.24. The predicted octanol–water partition coefficient (Wildman–Crippen LogP) is 1.96. The molecule has 0 aromatic heterocycles. The maximum Gasteiger partial charge on any atom is 0.0892 e. The molecule has 1 heteroatoms. The van der Waals surface area contributed by atoms with Gasteiger partial charge in [0.2, 0.25) is 0 Å². The van der Waals surface area contributed by atoms with E-state index >= 15 is 0 Å². The van der Waals surface area contributed by atoms with Gasteiger partial charge in [-0.2, -0.15) is 0 Å². The lowest BCUT2D eigenvalue weighted by atomic mass is 9.77. The highest BCUT2D eigenvalue weighted by Crippen LogP contribution is 2.48. The molecule has 9 heavy (non-hydrogen) atoms. The minimum absolute atomic E-state index is 0.489. The first-order valence-electron chi connectivity index (χ1n) is 3.86. The van der Waals surface area contributed by atoms with Crippen LogP contribution < -0.4 is 0 Å². The van der Waals surface area contributed by atoms with Crippen LogP contribution in [0, 0.1) is 5.41 Å². The van der Waals surface area contributed by atoms with Gasteiger partial charge in [-0.25, -0.2) is 0 Å². The molecule has 0 bridgehead atoms. The van der Waals surface area contributed by atoms with Crippen molar-refractivity contribution >= 4 is 0 Å². The highest BCUT2D eigenvalue weighted by molar-refractivity contribution is 4.99. The van der Waals surface area contributed by atoms with Crippen molar-refractivity contribution in [3.8, 4) is 0 Å². The number of ether oxygens (including phenoxy) is 1. The molecule has 0 N–H and O–H groups in total. The Morgan fingerprint density at radius 3 is 2.78 bits per heavy atom. The predicted molar refractivity (Wildman–Crippen MR) is 36.3 cm³/mol. The van der Waals surface area contributed by atoms with Crippen LogP contribution >= 0.6 is 0 Å². The van der Waals surface area contributed by atoms with Gasteiger partial charge in [0, 0.05) is 0 Å². The molecule has 1 aliphatic carbocycles. The van der Waals surface area contributed by atoms with Crippen LogP contribution in [0.25, 0.3) is 0 Å². The van der Waals surface area contributed by atoms with Crippen molar-refractivity contribution in [3.05, 3.63) is 0 Å². The van der Waals surface area contributed by atoms with Gasteiger partial charge in [-0.15, -0.1) is 0 Å². The van der Waals surface area contributed by atoms with Gasteiger partial charge in [-0.1, -0.05) is 20.3 Å². The zero-order valence-corrected chi connectivity index (χ0v) is 6.18. The molecule has 2 rings (SSSR count). The van der Waals surface area contributed by atoms with Crippen molar-refractivity contribution in [2.75, 3.05) is 0 Å². The van der Waals surface area contributed by atoms with Crippen molar-refractivity contribution < 1.29 is 4.74 Å². The summed E-state index contributed by atoms with van der Waals surface area (Å²) in [5, 5.41) is 0. The molecule has 1 nitrogen and oxygen atoms in total. The van der Waals surface area contributed by atoms with E-state index in [1.54, 1.807) is 0 Å². The second-order valence-corrected chi connectivity index (χ2v) is 3.98. The average molecular weight is 126 g/mol. The smallest absolute Gasteiger partial charge is 0.0892 e. The molecule has 0 unspecified atom stereocenters. The highest BCUT2D eigenvalue weighted by atomic mass is 16.6. The van der Waals surface area contributed by atoms with Gasteiger partial charge in [0.25, 0.3) is 0 Å². The third kappa shape index (κ3) is 0.787. The number of hydrogen-bond acceptors (Lipinski definition) is 1. The van der Waals surface area contributed by atoms with Crippen LogP contribution in [0.5, 0.6) is 0 Å². The van der Waals surface area contributed by atoms with Gasteiger partial charge in [-0.05, 0) is 18.3 Å². The van der Waals surface area contributed by atoms with Gasteiger partial charge >= 0.3 is 0 Å². The summed E-state index contributed by atoms with van der Waals surface area (Å²) in [7, 11) is 0. The SMILES string of the molecule is CC1(C)CCC[C@H]2O[C@H]21. The number of epoxide rings is 1. The topological polar surface area (TPSA) is 12.5 Å². The first-order valence-corrected chi connectivity index (χ1v) is 3.86. The monoisotopic (exact) mass is 126 g/mol. The molecule has 2 fully saturated rings. The fraction of sp³-hybridized carbons (Fsp3) is 1.00. The minimum Gasteiger partial charge on any atom is -0.369 e. The Morgan fingerprint density at radius 1 is 1.44 bits per heavy atom. The largest absolute Gasteiger partial charge is 0.369 e. The fourth-order valence-electron chi connectivity index (χ4n) is 1.95. The summed E-state index contributed by atoms with van der Waals surface area (Å²) in [4.78, 5) is 0. The standard InChI is InChI=1S/C8H14O/c1-8(2)5-3-4-6-7(8)9-6/h6-7H,3-5H2,1-2H3/t6-,7-/m1/s1. The van der Waals surface area contributed by atoms with E-state index < -0.39 is 0 Å². The lowest BCUT2D eigenvalue weighted by Gasteiger charge is -2.25. The fourth-order valence-corrected chi connectivity index (χ4v) is 1.95. The first-order chi connectivity index (χ1) is 4.20. The quantitative estimate of drug-likeness (QED) is 0.452. The lowest BCUT2D eigenvalue weighted by molar-refractivity contribution is 0.229. The van der Waals surface area contributed by atoms with E-state index in [0.29, 0.717) is 17.6 Å². The Bertz CT molecular complexity index is 129. The van der Waals surface area contributed by atoms with Crippen LogP contribution in [0.3, 0.4) is 0 Å². The molecular weight excluding hydrogens is 112 g/mol. The zero-order chi connectivity index (χ0) is 6.48. The third-order valence-electron chi connectivity index (χ3n) is 2.66. The Labute approximate surface area is 56.4 Å². The van der Waals surface area contributed by atoms with Gasteiger partial charge in [0.1, 0.15) is 0 Å². The first kappa shape index (κ1) is 5.72. The molecular formula is C8H14O. The van der Waals surface area contributed by atoms with Crippen molar-refractivity contribution in [1.29, 1.82) is 0 Å². The molecule has 0 amide bonds. The van der Waals surface area contributed by atoms with Crippen molar-refractivity contribution in [2.24, 2.45) is 5.41 Å². The summed E-state index contributed by atoms with van der Waals surface area (Å²) in [5.74, 6) is 0. The van der Waals surface area contributed by atoms with Gasteiger partial charge < -0.3 is 4.74 Å². The van der Waals surface area contributed by atoms with Crippen LogP contribution in [0.15, 0.2) is 0 Å². The van der Waals surface area contributed by atoms with Gasteiger partial charge in [-0.3, -0.25) is 0 Å². The zero-order valence-electron chi connectivity index (χ0n) is 6.18. The molecule has 1 saturated heterocycles. The Kier molecular flexibility index (Phi) is 0.963. The van der Waals surface area contributed by atoms with Crippen LogP contribution in [-0.2, 0) is 4.74 Å². The van der Waals surface area contributed by atoms with Crippen molar-refractivity contribution in [2.45, 2.75) is 45.3 Å². The maximum absolute atomic E-state index is 5.49. The van der Waals surface area contributed by atoms with Crippen LogP contribution in [-0.4, -0.2) is 12.2 Å². The van der Waals surface area contributed by atoms with E-state index in [1.165, 1.54) is 19.3 Å². The Morgan fingerprint density at radius 2 is 2.22 bits per heavy atom. The van der Waals surface area contributed by atoms with Gasteiger partial charge in [0.15, 0.2) is 0 Å². The van der Waals surface area contributed by atoms with E-state index in [4.69, 9.17) is 4.74 Å². The summed E-state index contributed by atoms with van der Waals surface area (Å²) in [6, 6.07) is 0. The molecule has 2 atom stereocenters. The van der Waals surface area contributed by atoms with E-state index in [1.807, 2.05) is 0 Å². The second-order valence-electron chi connectivity index (χ2n) is 3.98. The summed E-state index contributed by atoms with van der Waals surface area (Å²) in [5.41, 5.74) is 0.489. The molecule has 1 saturated carbocycles. The molecule has 0 radical (unpaired) electrons. The number of rotatable bonds is 0. The maximum atomic E-state index is 5.49. The van der Waals surface area contributed by atoms with E-state index in [-0.39, 0.29) is 0 Å². The molecule has 1 heterocycles. The minimum atomic E-state index is 0.489. The third-order valence-corrected chi connectivity index (χ3v) is 2.66. The van der Waals surface area contributed by atoms with Crippen LogP contribution in [0.1, 0.15) is 33.1 Å². The summed E-state index contributed by atoms with van der Waals surface area (Å²) < 4.78 is 5.49. The Hall–Kier alpha value is -0.0400. The molecule has 52 valence electrons. The number of fused-ring (bicyclic) bond motifs is 1. The van der Waals surface area contributed by atoms with Crippen LogP contribution in [0.2, 0.25) is 0 Å². The number of hydrogen-bond donors (Lipinski definition) is 0. The Balaban J connectivity index is 2.09. The van der Waals surface area contributed by atoms with Crippen molar-refractivity contribution in [3.63, 3.8) is 0 Å². The van der Waals surface area contributed by atoms with Gasteiger partial charge in [0.05, 0.1) is 12.2 Å². The summed E-state index contributed by atoms with van der Waals surface area (Å²) in [6.07, 6.45) is 5.30.